The average molecular weight is 169 g/mol. The molecule has 4 N–H and O–H groups in total. The molecule has 0 radical (unpaired) electrons. The summed E-state index contributed by atoms with van der Waals surface area (Å²) in [5.74, 6) is -0.184. The van der Waals surface area contributed by atoms with Crippen molar-refractivity contribution in [1.29, 1.82) is 0 Å². The van der Waals surface area contributed by atoms with E-state index in [0.29, 0.717) is 13.1 Å². The normalized spacial score (nSPS) is 8.75. The van der Waals surface area contributed by atoms with Crippen LogP contribution < -0.4 is 16.4 Å². The third-order valence-electron chi connectivity index (χ3n) is 1.18. The van der Waals surface area contributed by atoms with E-state index in [2.05, 4.69) is 23.8 Å². The van der Waals surface area contributed by atoms with Gasteiger partial charge in [-0.1, -0.05) is 12.7 Å². The third kappa shape index (κ3) is 5.49. The smallest absolute Gasteiger partial charge is 0.234 e. The zero-order chi connectivity index (χ0) is 9.40. The van der Waals surface area contributed by atoms with E-state index in [-0.39, 0.29) is 12.5 Å². The second kappa shape index (κ2) is 6.42. The lowest BCUT2D eigenvalue weighted by Crippen LogP contribution is -2.34. The zero-order valence-electron chi connectivity index (χ0n) is 7.10. The summed E-state index contributed by atoms with van der Waals surface area (Å²) in [6.45, 7) is 8.28. The Bertz CT molecular complexity index is 177. The summed E-state index contributed by atoms with van der Waals surface area (Å²) < 4.78 is 0. The lowest BCUT2D eigenvalue weighted by atomic mass is 10.4. The highest BCUT2D eigenvalue weighted by atomic mass is 16.1. The van der Waals surface area contributed by atoms with Gasteiger partial charge >= 0.3 is 0 Å². The Hall–Kier alpha value is -1.29. The number of amides is 1. The maximum atomic E-state index is 10.7. The van der Waals surface area contributed by atoms with Gasteiger partial charge in [0.1, 0.15) is 0 Å². The molecule has 0 aliphatic heterocycles. The summed E-state index contributed by atoms with van der Waals surface area (Å²) in [4.78, 5) is 10.7. The van der Waals surface area contributed by atoms with Crippen LogP contribution in [-0.4, -0.2) is 25.5 Å². The number of nitrogens with two attached hydrogens (primary N) is 1. The largest absolute Gasteiger partial charge is 0.384 e. The number of carbonyl (C=O) groups is 1. The van der Waals surface area contributed by atoms with Crippen LogP contribution in [0, 0.1) is 0 Å². The van der Waals surface area contributed by atoms with Gasteiger partial charge in [0.05, 0.1) is 13.1 Å². The number of nitrogens with one attached hydrogen (secondary N) is 2. The molecule has 12 heavy (non-hydrogen) atoms. The highest BCUT2D eigenvalue weighted by Gasteiger charge is 1.96. The number of hydrogen-bond acceptors (Lipinski definition) is 3. The molecule has 0 saturated heterocycles. The van der Waals surface area contributed by atoms with Crippen LogP contribution in [-0.2, 0) is 4.79 Å². The maximum absolute atomic E-state index is 10.7. The minimum absolute atomic E-state index is 0.00867. The van der Waals surface area contributed by atoms with Crippen LogP contribution >= 0.6 is 0 Å². The number of rotatable bonds is 6. The Morgan fingerprint density at radius 3 is 2.67 bits per heavy atom. The van der Waals surface area contributed by atoms with E-state index in [0.717, 1.165) is 5.70 Å². The molecule has 0 atom stereocenters. The second-order valence-electron chi connectivity index (χ2n) is 2.25. The van der Waals surface area contributed by atoms with Crippen molar-refractivity contribution in [3.63, 3.8) is 0 Å². The minimum atomic E-state index is -0.184. The first kappa shape index (κ1) is 10.7. The molecule has 68 valence electrons. The number of carbonyl (C=O) groups excluding carboxylic acids is 1. The van der Waals surface area contributed by atoms with Gasteiger partial charge in [0.25, 0.3) is 0 Å². The summed E-state index contributed by atoms with van der Waals surface area (Å²) in [6, 6.07) is 0. The van der Waals surface area contributed by atoms with Gasteiger partial charge < -0.3 is 16.4 Å². The molecule has 0 aromatic carbocycles. The van der Waals surface area contributed by atoms with E-state index >= 15 is 0 Å². The fourth-order valence-corrected chi connectivity index (χ4v) is 0.556. The summed E-state index contributed by atoms with van der Waals surface area (Å²) in [6.07, 6.45) is 1.72. The van der Waals surface area contributed by atoms with Gasteiger partial charge in [-0.2, -0.15) is 0 Å². The first-order chi connectivity index (χ1) is 5.70. The highest BCUT2D eigenvalue weighted by molar-refractivity contribution is 5.77. The van der Waals surface area contributed by atoms with Crippen LogP contribution in [0.15, 0.2) is 24.9 Å². The van der Waals surface area contributed by atoms with Crippen molar-refractivity contribution in [2.45, 2.75) is 0 Å². The summed E-state index contributed by atoms with van der Waals surface area (Å²) >= 11 is 0. The quantitative estimate of drug-likeness (QED) is 0.463. The molecule has 1 amide bonds. The molecule has 0 aromatic rings. The Labute approximate surface area is 72.5 Å². The van der Waals surface area contributed by atoms with E-state index in [4.69, 9.17) is 5.73 Å². The van der Waals surface area contributed by atoms with Crippen molar-refractivity contribution in [3.05, 3.63) is 24.9 Å². The molecule has 0 bridgehead atoms. The Kier molecular flexibility index (Phi) is 5.73. The van der Waals surface area contributed by atoms with Gasteiger partial charge in [0, 0.05) is 12.2 Å². The van der Waals surface area contributed by atoms with E-state index in [1.54, 1.807) is 6.08 Å². The van der Waals surface area contributed by atoms with Crippen molar-refractivity contribution in [1.82, 2.24) is 10.6 Å². The molecular formula is C8H15N3O. The van der Waals surface area contributed by atoms with Crippen molar-refractivity contribution < 1.29 is 4.79 Å². The minimum Gasteiger partial charge on any atom is -0.384 e. The number of hydrogen-bond donors (Lipinski definition) is 3. The van der Waals surface area contributed by atoms with Crippen LogP contribution in [0.1, 0.15) is 0 Å². The maximum Gasteiger partial charge on any atom is 0.234 e. The molecule has 0 spiro atoms. The van der Waals surface area contributed by atoms with Crippen molar-refractivity contribution >= 4 is 5.91 Å². The SMILES string of the molecule is C=CCNC(=C)CNC(=O)CN. The fourth-order valence-electron chi connectivity index (χ4n) is 0.556. The summed E-state index contributed by atoms with van der Waals surface area (Å²) in [5.41, 5.74) is 5.83. The zero-order valence-corrected chi connectivity index (χ0v) is 7.10. The van der Waals surface area contributed by atoms with Gasteiger partial charge in [-0.25, -0.2) is 0 Å². The molecule has 0 aromatic heterocycles. The molecule has 0 unspecified atom stereocenters. The summed E-state index contributed by atoms with van der Waals surface area (Å²) in [5, 5.41) is 5.52. The predicted molar refractivity (Wildman–Crippen MR) is 49.4 cm³/mol. The molecule has 0 saturated carbocycles. The third-order valence-corrected chi connectivity index (χ3v) is 1.18. The van der Waals surface area contributed by atoms with Crippen molar-refractivity contribution in [3.8, 4) is 0 Å². The van der Waals surface area contributed by atoms with E-state index in [9.17, 15) is 4.79 Å². The van der Waals surface area contributed by atoms with Crippen LogP contribution in [0.4, 0.5) is 0 Å². The van der Waals surface area contributed by atoms with Gasteiger partial charge in [0.15, 0.2) is 0 Å². The second-order valence-corrected chi connectivity index (χ2v) is 2.25. The molecule has 0 rings (SSSR count). The van der Waals surface area contributed by atoms with Gasteiger partial charge in [0.2, 0.25) is 5.91 Å². The van der Waals surface area contributed by atoms with E-state index in [1.807, 2.05) is 0 Å². The van der Waals surface area contributed by atoms with E-state index < -0.39 is 0 Å². The first-order valence-corrected chi connectivity index (χ1v) is 3.70. The molecule has 0 aliphatic rings. The van der Waals surface area contributed by atoms with Crippen LogP contribution in [0.3, 0.4) is 0 Å². The van der Waals surface area contributed by atoms with Crippen LogP contribution in [0.5, 0.6) is 0 Å². The Balaban J connectivity index is 3.43. The molecule has 0 fully saturated rings. The highest BCUT2D eigenvalue weighted by Crippen LogP contribution is 1.79. The Morgan fingerprint density at radius 1 is 1.50 bits per heavy atom. The molecule has 4 nitrogen and oxygen atoms in total. The van der Waals surface area contributed by atoms with Gasteiger partial charge in [-0.05, 0) is 0 Å². The topological polar surface area (TPSA) is 67.1 Å². The fraction of sp³-hybridized carbons (Fsp3) is 0.375. The predicted octanol–water partition coefficient (Wildman–Crippen LogP) is -0.649. The van der Waals surface area contributed by atoms with Crippen molar-refractivity contribution in [2.75, 3.05) is 19.6 Å². The van der Waals surface area contributed by atoms with Crippen LogP contribution in [0.25, 0.3) is 0 Å². The Morgan fingerprint density at radius 2 is 2.17 bits per heavy atom. The lowest BCUT2D eigenvalue weighted by molar-refractivity contribution is -0.119. The molecule has 0 heterocycles. The molecule has 0 aliphatic carbocycles. The molecular weight excluding hydrogens is 154 g/mol. The van der Waals surface area contributed by atoms with Crippen LogP contribution in [0.2, 0.25) is 0 Å². The van der Waals surface area contributed by atoms with Crippen molar-refractivity contribution in [2.24, 2.45) is 5.73 Å². The molecule has 4 heteroatoms. The van der Waals surface area contributed by atoms with Gasteiger partial charge in [-0.15, -0.1) is 6.58 Å². The first-order valence-electron chi connectivity index (χ1n) is 3.70. The average Bonchev–Trinajstić information content (AvgIpc) is 2.10. The monoisotopic (exact) mass is 169 g/mol. The standard InChI is InChI=1S/C8H15N3O/c1-3-4-10-7(2)6-11-8(12)5-9/h3,10H,1-2,4-6,9H2,(H,11,12). The van der Waals surface area contributed by atoms with Gasteiger partial charge in [-0.3, -0.25) is 4.79 Å². The van der Waals surface area contributed by atoms with E-state index in [1.165, 1.54) is 0 Å². The summed E-state index contributed by atoms with van der Waals surface area (Å²) in [7, 11) is 0. The lowest BCUT2D eigenvalue weighted by Gasteiger charge is -2.07.